The zero-order valence-electron chi connectivity index (χ0n) is 13.3. The molecule has 0 fully saturated rings. The fourth-order valence-corrected chi connectivity index (χ4v) is 3.30. The summed E-state index contributed by atoms with van der Waals surface area (Å²) in [6.07, 6.45) is 4.21. The lowest BCUT2D eigenvalue weighted by Gasteiger charge is -2.23. The Hall–Kier alpha value is -2.07. The highest BCUT2D eigenvalue weighted by Gasteiger charge is 2.25. The van der Waals surface area contributed by atoms with E-state index in [1.165, 1.54) is 16.5 Å². The van der Waals surface area contributed by atoms with Gasteiger partial charge in [-0.2, -0.15) is 0 Å². The van der Waals surface area contributed by atoms with Crippen LogP contribution in [0.1, 0.15) is 22.4 Å². The number of aryl methyl sites for hydroxylation is 3. The van der Waals surface area contributed by atoms with Gasteiger partial charge in [0.25, 0.3) is 0 Å². The van der Waals surface area contributed by atoms with E-state index in [1.807, 2.05) is 19.1 Å². The van der Waals surface area contributed by atoms with Crippen molar-refractivity contribution in [1.82, 2.24) is 9.88 Å². The highest BCUT2D eigenvalue weighted by Crippen LogP contribution is 2.29. The summed E-state index contributed by atoms with van der Waals surface area (Å²) in [5.74, 6) is 0.0638. The van der Waals surface area contributed by atoms with Gasteiger partial charge in [-0.3, -0.25) is 4.79 Å². The number of aliphatic hydroxyl groups is 1. The Morgan fingerprint density at radius 3 is 2.77 bits per heavy atom. The molecule has 3 rings (SSSR count). The van der Waals surface area contributed by atoms with Crippen LogP contribution in [0.15, 0.2) is 24.3 Å². The van der Waals surface area contributed by atoms with E-state index in [-0.39, 0.29) is 18.6 Å². The molecule has 22 heavy (non-hydrogen) atoms. The molecule has 1 atom stereocenters. The summed E-state index contributed by atoms with van der Waals surface area (Å²) in [4.78, 5) is 17.8. The topological polar surface area (TPSA) is 56.3 Å². The molecule has 2 N–H and O–H groups in total. The second-order valence-corrected chi connectivity index (χ2v) is 6.08. The fraction of sp³-hybridized carbons (Fsp3) is 0.389. The number of hydrogen-bond acceptors (Lipinski definition) is 2. The maximum absolute atomic E-state index is 12.6. The molecule has 0 bridgehead atoms. The Morgan fingerprint density at radius 2 is 2.05 bits per heavy atom. The van der Waals surface area contributed by atoms with E-state index in [2.05, 4.69) is 31.0 Å². The SMILES string of the molecule is Cc1[nH]c2c(C)ccc(C)c2c1CC(=O)N1CC=CC1CO. The average Bonchev–Trinajstić information content (AvgIpc) is 3.09. The molecule has 1 aliphatic heterocycles. The summed E-state index contributed by atoms with van der Waals surface area (Å²) in [5.41, 5.74) is 5.63. The number of nitrogens with zero attached hydrogens (tertiary/aromatic N) is 1. The lowest BCUT2D eigenvalue weighted by molar-refractivity contribution is -0.131. The molecule has 0 aliphatic carbocycles. The van der Waals surface area contributed by atoms with Gasteiger partial charge in [-0.15, -0.1) is 0 Å². The fourth-order valence-electron chi connectivity index (χ4n) is 3.30. The minimum absolute atomic E-state index is 0.0206. The highest BCUT2D eigenvalue weighted by molar-refractivity contribution is 5.94. The summed E-state index contributed by atoms with van der Waals surface area (Å²) < 4.78 is 0. The molecule has 1 aromatic carbocycles. The van der Waals surface area contributed by atoms with Crippen molar-refractivity contribution >= 4 is 16.8 Å². The number of aliphatic hydroxyl groups excluding tert-OH is 1. The van der Waals surface area contributed by atoms with Crippen molar-refractivity contribution in [3.63, 3.8) is 0 Å². The summed E-state index contributed by atoms with van der Waals surface area (Å²) in [5, 5.41) is 10.5. The molecule has 116 valence electrons. The smallest absolute Gasteiger partial charge is 0.227 e. The Morgan fingerprint density at radius 1 is 1.32 bits per heavy atom. The van der Waals surface area contributed by atoms with Gasteiger partial charge in [-0.1, -0.05) is 24.3 Å². The van der Waals surface area contributed by atoms with Crippen LogP contribution in [0, 0.1) is 20.8 Å². The number of carbonyl (C=O) groups is 1. The van der Waals surface area contributed by atoms with Crippen LogP contribution in [0.5, 0.6) is 0 Å². The highest BCUT2D eigenvalue weighted by atomic mass is 16.3. The molecule has 0 saturated heterocycles. The van der Waals surface area contributed by atoms with Crippen molar-refractivity contribution in [2.24, 2.45) is 0 Å². The van der Waals surface area contributed by atoms with Gasteiger partial charge in [0, 0.05) is 23.1 Å². The standard InChI is InChI=1S/C18H22N2O2/c1-11-6-7-12(2)18-17(11)15(13(3)19-18)9-16(22)20-8-4-5-14(20)10-21/h4-7,14,19,21H,8-10H2,1-3H3. The lowest BCUT2D eigenvalue weighted by Crippen LogP contribution is -2.39. The third-order valence-corrected chi connectivity index (χ3v) is 4.59. The monoisotopic (exact) mass is 298 g/mol. The molecular formula is C18H22N2O2. The summed E-state index contributed by atoms with van der Waals surface area (Å²) in [6, 6.07) is 4.03. The second-order valence-electron chi connectivity index (χ2n) is 6.08. The number of aromatic nitrogens is 1. The van der Waals surface area contributed by atoms with Crippen molar-refractivity contribution in [2.75, 3.05) is 13.2 Å². The van der Waals surface area contributed by atoms with Crippen molar-refractivity contribution in [2.45, 2.75) is 33.2 Å². The first-order valence-corrected chi connectivity index (χ1v) is 7.67. The first kappa shape index (κ1) is 14.9. The Bertz CT molecular complexity index is 758. The molecule has 0 spiro atoms. The van der Waals surface area contributed by atoms with Gasteiger partial charge in [-0.05, 0) is 37.5 Å². The minimum atomic E-state index is -0.180. The van der Waals surface area contributed by atoms with Crippen LogP contribution >= 0.6 is 0 Å². The molecular weight excluding hydrogens is 276 g/mol. The average molecular weight is 298 g/mol. The van der Waals surface area contributed by atoms with Gasteiger partial charge in [0.05, 0.1) is 19.1 Å². The summed E-state index contributed by atoms with van der Waals surface area (Å²) >= 11 is 0. The van der Waals surface area contributed by atoms with E-state index >= 15 is 0 Å². The van der Waals surface area contributed by atoms with Crippen LogP contribution in [-0.2, 0) is 11.2 Å². The maximum atomic E-state index is 12.6. The van der Waals surface area contributed by atoms with E-state index in [0.29, 0.717) is 13.0 Å². The number of carbonyl (C=O) groups excluding carboxylic acids is 1. The van der Waals surface area contributed by atoms with Crippen LogP contribution < -0.4 is 0 Å². The molecule has 1 amide bonds. The second kappa shape index (κ2) is 5.61. The van der Waals surface area contributed by atoms with Crippen LogP contribution in [0.25, 0.3) is 10.9 Å². The van der Waals surface area contributed by atoms with Gasteiger partial charge in [0.15, 0.2) is 0 Å². The normalized spacial score (nSPS) is 17.6. The molecule has 1 aliphatic rings. The van der Waals surface area contributed by atoms with Crippen molar-refractivity contribution in [3.8, 4) is 0 Å². The summed E-state index contributed by atoms with van der Waals surface area (Å²) in [6.45, 7) is 6.75. The number of amides is 1. The molecule has 1 aromatic heterocycles. The van der Waals surface area contributed by atoms with Crippen LogP contribution in [0.3, 0.4) is 0 Å². The minimum Gasteiger partial charge on any atom is -0.394 e. The summed E-state index contributed by atoms with van der Waals surface area (Å²) in [7, 11) is 0. The third kappa shape index (κ3) is 2.33. The Balaban J connectivity index is 1.96. The van der Waals surface area contributed by atoms with E-state index < -0.39 is 0 Å². The van der Waals surface area contributed by atoms with Gasteiger partial charge < -0.3 is 15.0 Å². The van der Waals surface area contributed by atoms with Gasteiger partial charge >= 0.3 is 0 Å². The first-order valence-electron chi connectivity index (χ1n) is 7.67. The van der Waals surface area contributed by atoms with E-state index in [4.69, 9.17) is 0 Å². The van der Waals surface area contributed by atoms with E-state index in [1.54, 1.807) is 4.90 Å². The lowest BCUT2D eigenvalue weighted by atomic mass is 10.0. The predicted octanol–water partition coefficient (Wildman–Crippen LogP) is 2.39. The molecule has 2 aromatic rings. The Kier molecular flexibility index (Phi) is 3.79. The largest absolute Gasteiger partial charge is 0.394 e. The quantitative estimate of drug-likeness (QED) is 0.855. The van der Waals surface area contributed by atoms with Gasteiger partial charge in [0.2, 0.25) is 5.91 Å². The van der Waals surface area contributed by atoms with Crippen molar-refractivity contribution in [3.05, 3.63) is 46.7 Å². The van der Waals surface area contributed by atoms with Gasteiger partial charge in [0.1, 0.15) is 0 Å². The third-order valence-electron chi connectivity index (χ3n) is 4.59. The number of nitrogens with one attached hydrogen (secondary N) is 1. The zero-order valence-corrected chi connectivity index (χ0v) is 13.3. The van der Waals surface area contributed by atoms with Crippen molar-refractivity contribution in [1.29, 1.82) is 0 Å². The van der Waals surface area contributed by atoms with E-state index in [9.17, 15) is 9.90 Å². The molecule has 2 heterocycles. The molecule has 0 saturated carbocycles. The molecule has 4 nitrogen and oxygen atoms in total. The predicted molar refractivity (Wildman–Crippen MR) is 87.9 cm³/mol. The van der Waals surface area contributed by atoms with Crippen LogP contribution in [0.2, 0.25) is 0 Å². The number of rotatable bonds is 3. The molecule has 4 heteroatoms. The number of hydrogen-bond donors (Lipinski definition) is 2. The van der Waals surface area contributed by atoms with E-state index in [0.717, 1.165) is 16.8 Å². The van der Waals surface area contributed by atoms with Gasteiger partial charge in [-0.25, -0.2) is 0 Å². The van der Waals surface area contributed by atoms with Crippen LogP contribution in [0.4, 0.5) is 0 Å². The maximum Gasteiger partial charge on any atom is 0.227 e. The number of H-pyrrole nitrogens is 1. The first-order chi connectivity index (χ1) is 10.5. The molecule has 1 unspecified atom stereocenters. The van der Waals surface area contributed by atoms with Crippen LogP contribution in [-0.4, -0.2) is 40.1 Å². The Labute approximate surface area is 130 Å². The zero-order chi connectivity index (χ0) is 15.9. The number of fused-ring (bicyclic) bond motifs is 1. The molecule has 0 radical (unpaired) electrons. The number of benzene rings is 1. The van der Waals surface area contributed by atoms with Crippen molar-refractivity contribution < 1.29 is 9.90 Å². The number of aromatic amines is 1.